The Morgan fingerprint density at radius 2 is 1.69 bits per heavy atom. The van der Waals surface area contributed by atoms with Crippen LogP contribution in [0.5, 0.6) is 0 Å². The Balaban J connectivity index is 1.25. The van der Waals surface area contributed by atoms with Gasteiger partial charge in [-0.05, 0) is 42.2 Å². The maximum absolute atomic E-state index is 13.8. The molecule has 2 aromatic carbocycles. The molecule has 242 valence electrons. The van der Waals surface area contributed by atoms with Crippen molar-refractivity contribution >= 4 is 50.2 Å². The number of halogens is 4. The van der Waals surface area contributed by atoms with Crippen LogP contribution in [0.2, 0.25) is 5.02 Å². The minimum absolute atomic E-state index is 0.153. The number of rotatable bonds is 7. The van der Waals surface area contributed by atoms with Crippen molar-refractivity contribution in [2.75, 3.05) is 26.7 Å². The number of carbonyl (C=O) groups excluding carboxylic acids is 3. The predicted molar refractivity (Wildman–Crippen MR) is 161 cm³/mol. The SMILES string of the molecule is CN(CC(=O)N1C[C@@H]2C[C@H]1CN2C(=O)[C@@H](NC(=O)c1cc2ccccc2[nH]1)C(C)(C)C)S(=O)(=O)c1cc(C(F)(F)F)ccc1Cl. The maximum atomic E-state index is 13.8. The van der Waals surface area contributed by atoms with E-state index in [1.807, 2.05) is 45.0 Å². The summed E-state index contributed by atoms with van der Waals surface area (Å²) in [6, 6.07) is 9.52. The van der Waals surface area contributed by atoms with Gasteiger partial charge in [0.25, 0.3) is 5.91 Å². The number of aromatic nitrogens is 1. The number of carbonyl (C=O) groups is 3. The number of aromatic amines is 1. The zero-order valence-electron chi connectivity index (χ0n) is 25.0. The number of likely N-dealkylation sites (N-methyl/N-ethyl adjacent to an activating group) is 1. The normalized spacial score (nSPS) is 19.4. The van der Waals surface area contributed by atoms with Gasteiger partial charge in [0.05, 0.1) is 29.2 Å². The number of para-hydroxylation sites is 1. The lowest BCUT2D eigenvalue weighted by Gasteiger charge is -2.39. The highest BCUT2D eigenvalue weighted by Gasteiger charge is 2.50. The molecule has 2 aliphatic heterocycles. The van der Waals surface area contributed by atoms with Crippen molar-refractivity contribution < 1.29 is 36.0 Å². The first kappa shape index (κ1) is 32.8. The molecule has 2 fully saturated rings. The number of alkyl halides is 3. The van der Waals surface area contributed by atoms with Gasteiger partial charge in [0.15, 0.2) is 0 Å². The number of fused-ring (bicyclic) bond motifs is 3. The van der Waals surface area contributed by atoms with E-state index in [0.29, 0.717) is 28.6 Å². The Labute approximate surface area is 263 Å². The third-order valence-corrected chi connectivity index (χ3v) is 10.6. The molecule has 0 unspecified atom stereocenters. The monoisotopic (exact) mass is 667 g/mol. The lowest BCUT2D eigenvalue weighted by atomic mass is 9.85. The Morgan fingerprint density at radius 1 is 1.04 bits per heavy atom. The average molecular weight is 668 g/mol. The number of H-pyrrole nitrogens is 1. The number of nitrogens with one attached hydrogen (secondary N) is 2. The molecule has 0 aliphatic carbocycles. The van der Waals surface area contributed by atoms with Crippen LogP contribution in [0.4, 0.5) is 13.2 Å². The number of hydrogen-bond donors (Lipinski definition) is 2. The number of piperazine rings is 1. The van der Waals surface area contributed by atoms with Crippen molar-refractivity contribution in [2.45, 2.75) is 56.4 Å². The first-order chi connectivity index (χ1) is 20.9. The van der Waals surface area contributed by atoms with Gasteiger partial charge in [-0.15, -0.1) is 0 Å². The minimum Gasteiger partial charge on any atom is -0.351 e. The van der Waals surface area contributed by atoms with Crippen LogP contribution in [-0.4, -0.2) is 90.0 Å². The zero-order valence-corrected chi connectivity index (χ0v) is 26.6. The second-order valence-corrected chi connectivity index (χ2v) is 14.9. The Morgan fingerprint density at radius 3 is 2.29 bits per heavy atom. The lowest BCUT2D eigenvalue weighted by molar-refractivity contribution is -0.142. The minimum atomic E-state index is -4.79. The van der Waals surface area contributed by atoms with Crippen LogP contribution in [0, 0.1) is 5.41 Å². The van der Waals surface area contributed by atoms with E-state index in [0.717, 1.165) is 24.0 Å². The number of sulfonamides is 1. The van der Waals surface area contributed by atoms with Crippen molar-refractivity contribution in [3.8, 4) is 0 Å². The molecular formula is C30H33ClF3N5O5S. The van der Waals surface area contributed by atoms with Crippen molar-refractivity contribution in [3.63, 3.8) is 0 Å². The van der Waals surface area contributed by atoms with E-state index in [4.69, 9.17) is 11.6 Å². The molecule has 5 rings (SSSR count). The van der Waals surface area contributed by atoms with Crippen molar-refractivity contribution in [2.24, 2.45) is 5.41 Å². The first-order valence-electron chi connectivity index (χ1n) is 14.2. The van der Waals surface area contributed by atoms with E-state index in [2.05, 4.69) is 10.3 Å². The van der Waals surface area contributed by atoms with E-state index in [1.54, 1.807) is 11.0 Å². The van der Waals surface area contributed by atoms with Crippen molar-refractivity contribution in [3.05, 3.63) is 64.8 Å². The molecular weight excluding hydrogens is 635 g/mol. The van der Waals surface area contributed by atoms with Gasteiger partial charge >= 0.3 is 6.18 Å². The summed E-state index contributed by atoms with van der Waals surface area (Å²) >= 11 is 5.94. The Bertz CT molecular complexity index is 1740. The molecule has 0 spiro atoms. The van der Waals surface area contributed by atoms with E-state index >= 15 is 0 Å². The topological polar surface area (TPSA) is 123 Å². The number of hydrogen-bond acceptors (Lipinski definition) is 5. The maximum Gasteiger partial charge on any atom is 0.416 e. The Hall–Kier alpha value is -3.62. The molecule has 2 aliphatic rings. The summed E-state index contributed by atoms with van der Waals surface area (Å²) < 4.78 is 66.5. The van der Waals surface area contributed by atoms with Gasteiger partial charge in [-0.2, -0.15) is 17.5 Å². The largest absolute Gasteiger partial charge is 0.416 e. The summed E-state index contributed by atoms with van der Waals surface area (Å²) in [6.07, 6.45) is -4.31. The predicted octanol–water partition coefficient (Wildman–Crippen LogP) is 4.12. The summed E-state index contributed by atoms with van der Waals surface area (Å²) in [4.78, 5) is 45.7. The molecule has 0 radical (unpaired) electrons. The lowest BCUT2D eigenvalue weighted by Crippen LogP contribution is -2.59. The Kier molecular flexibility index (Phi) is 8.47. The van der Waals surface area contributed by atoms with Crippen LogP contribution in [-0.2, 0) is 25.8 Å². The molecule has 2 N–H and O–H groups in total. The summed E-state index contributed by atoms with van der Waals surface area (Å²) in [7, 11) is -3.44. The van der Waals surface area contributed by atoms with Crippen LogP contribution in [0.25, 0.3) is 10.9 Å². The standard InChI is InChI=1S/C30H33ClF3N5O5S/c1-29(2,3)26(36-27(41)23-11-17-7-5-6-8-22(17)35-23)28(42)39-15-19-13-20(39)14-38(19)25(40)16-37(4)45(43,44)24-12-18(30(32,33)34)9-10-21(24)31/h5-12,19-20,26,35H,13-16H2,1-4H3,(H,36,41)/t19-,20-,26+/m0/s1. The summed E-state index contributed by atoms with van der Waals surface area (Å²) in [5, 5.41) is 3.34. The second kappa shape index (κ2) is 11.6. The van der Waals surface area contributed by atoms with Crippen LogP contribution in [0.1, 0.15) is 43.2 Å². The summed E-state index contributed by atoms with van der Waals surface area (Å²) in [6.45, 7) is 5.26. The molecule has 0 saturated carbocycles. The van der Waals surface area contributed by atoms with Crippen molar-refractivity contribution in [1.29, 1.82) is 0 Å². The molecule has 45 heavy (non-hydrogen) atoms. The number of amides is 3. The molecule has 3 amide bonds. The van der Waals surface area contributed by atoms with E-state index in [-0.39, 0.29) is 31.1 Å². The molecule has 15 heteroatoms. The highest BCUT2D eigenvalue weighted by atomic mass is 35.5. The third kappa shape index (κ3) is 6.40. The average Bonchev–Trinajstić information content (AvgIpc) is 3.68. The fraction of sp³-hybridized carbons (Fsp3) is 0.433. The van der Waals surface area contributed by atoms with Gasteiger partial charge in [-0.25, -0.2) is 8.42 Å². The van der Waals surface area contributed by atoms with Crippen LogP contribution < -0.4 is 5.32 Å². The third-order valence-electron chi connectivity index (χ3n) is 8.31. The molecule has 3 aromatic rings. The van der Waals surface area contributed by atoms with Gasteiger partial charge in [-0.3, -0.25) is 14.4 Å². The van der Waals surface area contributed by atoms with E-state index in [9.17, 15) is 36.0 Å². The summed E-state index contributed by atoms with van der Waals surface area (Å²) in [5.74, 6) is -1.26. The van der Waals surface area contributed by atoms with Gasteiger partial charge < -0.3 is 20.1 Å². The first-order valence-corrected chi connectivity index (χ1v) is 16.0. The highest BCUT2D eigenvalue weighted by molar-refractivity contribution is 7.89. The van der Waals surface area contributed by atoms with Crippen LogP contribution >= 0.6 is 11.6 Å². The fourth-order valence-corrected chi connectivity index (χ4v) is 7.49. The van der Waals surface area contributed by atoms with E-state index in [1.165, 1.54) is 4.90 Å². The number of nitrogens with zero attached hydrogens (tertiary/aromatic N) is 3. The molecule has 3 atom stereocenters. The van der Waals surface area contributed by atoms with Gasteiger partial charge in [-0.1, -0.05) is 50.6 Å². The zero-order chi connectivity index (χ0) is 33.1. The second-order valence-electron chi connectivity index (χ2n) is 12.5. The van der Waals surface area contributed by atoms with Crippen LogP contribution in [0.3, 0.4) is 0 Å². The molecule has 2 saturated heterocycles. The van der Waals surface area contributed by atoms with Gasteiger partial charge in [0.2, 0.25) is 21.8 Å². The molecule has 3 heterocycles. The summed E-state index contributed by atoms with van der Waals surface area (Å²) in [5.41, 5.74) is -0.710. The van der Waals surface area contributed by atoms with E-state index < -0.39 is 61.5 Å². The van der Waals surface area contributed by atoms with Crippen LogP contribution in [0.15, 0.2) is 53.4 Å². The molecule has 10 nitrogen and oxygen atoms in total. The van der Waals surface area contributed by atoms with Crippen molar-refractivity contribution in [1.82, 2.24) is 24.4 Å². The highest BCUT2D eigenvalue weighted by Crippen LogP contribution is 2.36. The molecule has 1 aromatic heterocycles. The smallest absolute Gasteiger partial charge is 0.351 e. The quantitative estimate of drug-likeness (QED) is 0.393. The number of benzene rings is 2. The van der Waals surface area contributed by atoms with Gasteiger partial charge in [0, 0.05) is 31.0 Å². The fourth-order valence-electron chi connectivity index (χ4n) is 5.87. The molecule has 2 bridgehead atoms. The number of likely N-dealkylation sites (tertiary alicyclic amines) is 2. The van der Waals surface area contributed by atoms with Gasteiger partial charge in [0.1, 0.15) is 16.6 Å².